The Morgan fingerprint density at radius 2 is 2.33 bits per heavy atom. The molecule has 2 aromatic heterocycles. The van der Waals surface area contributed by atoms with Crippen LogP contribution in [0.25, 0.3) is 5.69 Å². The Hall–Kier alpha value is -2.19. The summed E-state index contributed by atoms with van der Waals surface area (Å²) in [6.45, 7) is 4.15. The number of ether oxygens (including phenoxy) is 1. The first-order valence-corrected chi connectivity index (χ1v) is 8.11. The van der Waals surface area contributed by atoms with E-state index in [1.807, 2.05) is 13.0 Å². The number of pyridine rings is 1. The highest BCUT2D eigenvalue weighted by Crippen LogP contribution is 2.27. The van der Waals surface area contributed by atoms with Gasteiger partial charge in [0.15, 0.2) is 5.15 Å². The van der Waals surface area contributed by atoms with E-state index in [1.165, 1.54) is 0 Å². The molecule has 7 nitrogen and oxygen atoms in total. The van der Waals surface area contributed by atoms with E-state index < -0.39 is 5.92 Å². The van der Waals surface area contributed by atoms with Crippen LogP contribution in [0.1, 0.15) is 13.8 Å². The summed E-state index contributed by atoms with van der Waals surface area (Å²) in [6.07, 6.45) is 5.02. The van der Waals surface area contributed by atoms with Crippen LogP contribution < -0.4 is 10.6 Å². The van der Waals surface area contributed by atoms with Crippen LogP contribution in [0.15, 0.2) is 30.7 Å². The highest BCUT2D eigenvalue weighted by molar-refractivity contribution is 7.80. The normalized spacial score (nSPS) is 11.8. The van der Waals surface area contributed by atoms with Crippen molar-refractivity contribution >= 4 is 40.6 Å². The monoisotopic (exact) mass is 367 g/mol. The van der Waals surface area contributed by atoms with Crippen LogP contribution >= 0.6 is 23.8 Å². The van der Waals surface area contributed by atoms with Crippen molar-refractivity contribution in [3.63, 3.8) is 0 Å². The number of aromatic nitrogens is 3. The number of nitrogens with zero attached hydrogens (tertiary/aromatic N) is 4. The molecule has 1 amide bonds. The van der Waals surface area contributed by atoms with Crippen LogP contribution in [0.3, 0.4) is 0 Å². The third-order valence-corrected chi connectivity index (χ3v) is 3.72. The maximum atomic E-state index is 12.6. The first-order valence-electron chi connectivity index (χ1n) is 7.33. The molecule has 128 valence electrons. The fraction of sp³-hybridized carbons (Fsp3) is 0.333. The molecule has 0 spiro atoms. The van der Waals surface area contributed by atoms with Gasteiger partial charge in [0.1, 0.15) is 12.3 Å². The topological polar surface area (TPSA) is 86.3 Å². The van der Waals surface area contributed by atoms with Gasteiger partial charge in [-0.2, -0.15) is 5.10 Å². The number of thiocarbonyl (C=S) groups is 1. The molecule has 2 rings (SSSR count). The smallest absolute Gasteiger partial charge is 0.253 e. The number of hydrogen-bond donors (Lipinski definition) is 1. The van der Waals surface area contributed by atoms with Gasteiger partial charge in [-0.3, -0.25) is 9.78 Å². The average molecular weight is 368 g/mol. The van der Waals surface area contributed by atoms with Gasteiger partial charge in [-0.15, -0.1) is 0 Å². The van der Waals surface area contributed by atoms with Crippen LogP contribution in [-0.2, 0) is 9.53 Å². The maximum absolute atomic E-state index is 12.6. The first-order chi connectivity index (χ1) is 11.4. The molecule has 0 fully saturated rings. The second-order valence-corrected chi connectivity index (χ2v) is 5.83. The van der Waals surface area contributed by atoms with E-state index in [0.29, 0.717) is 12.2 Å². The lowest BCUT2D eigenvalue weighted by molar-refractivity contribution is -0.122. The summed E-state index contributed by atoms with van der Waals surface area (Å²) in [4.78, 5) is 18.2. The number of rotatable bonds is 6. The van der Waals surface area contributed by atoms with Crippen LogP contribution in [-0.4, -0.2) is 39.0 Å². The van der Waals surface area contributed by atoms with Crippen molar-refractivity contribution in [2.45, 2.75) is 13.8 Å². The molecule has 2 N–H and O–H groups in total. The van der Waals surface area contributed by atoms with Gasteiger partial charge >= 0.3 is 0 Å². The van der Waals surface area contributed by atoms with E-state index in [1.54, 1.807) is 41.2 Å². The number of nitrogens with two attached hydrogens (primary N) is 1. The lowest BCUT2D eigenvalue weighted by Crippen LogP contribution is -2.37. The number of halogens is 1. The molecule has 2 heterocycles. The van der Waals surface area contributed by atoms with E-state index in [0.717, 1.165) is 5.69 Å². The van der Waals surface area contributed by atoms with Gasteiger partial charge in [0.2, 0.25) is 5.91 Å². The Morgan fingerprint density at radius 1 is 1.58 bits per heavy atom. The minimum absolute atomic E-state index is 0.0832. The third kappa shape index (κ3) is 4.21. The summed E-state index contributed by atoms with van der Waals surface area (Å²) in [5.41, 5.74) is 6.57. The fourth-order valence-electron chi connectivity index (χ4n) is 2.14. The van der Waals surface area contributed by atoms with Crippen LogP contribution in [0.5, 0.6) is 0 Å². The van der Waals surface area contributed by atoms with E-state index >= 15 is 0 Å². The highest BCUT2D eigenvalue weighted by atomic mass is 35.5. The summed E-state index contributed by atoms with van der Waals surface area (Å²) in [7, 11) is 0. The van der Waals surface area contributed by atoms with Crippen LogP contribution in [0.2, 0.25) is 5.15 Å². The number of amides is 1. The Morgan fingerprint density at radius 3 is 2.92 bits per heavy atom. The molecule has 1 atom stereocenters. The zero-order chi connectivity index (χ0) is 17.7. The van der Waals surface area contributed by atoms with Gasteiger partial charge in [0.05, 0.1) is 24.0 Å². The van der Waals surface area contributed by atoms with Crippen molar-refractivity contribution in [2.24, 2.45) is 11.7 Å². The van der Waals surface area contributed by atoms with Gasteiger partial charge < -0.3 is 15.4 Å². The summed E-state index contributed by atoms with van der Waals surface area (Å²) >= 11 is 10.9. The molecule has 0 saturated heterocycles. The Balaban J connectivity index is 2.23. The fourth-order valence-corrected chi connectivity index (χ4v) is 2.44. The molecule has 9 heteroatoms. The van der Waals surface area contributed by atoms with Crippen molar-refractivity contribution in [3.8, 4) is 5.69 Å². The van der Waals surface area contributed by atoms with Gasteiger partial charge in [0, 0.05) is 12.7 Å². The van der Waals surface area contributed by atoms with Gasteiger partial charge in [-0.25, -0.2) is 4.68 Å². The molecule has 0 aliphatic rings. The molecule has 0 radical (unpaired) electrons. The Labute approximate surface area is 150 Å². The van der Waals surface area contributed by atoms with Crippen molar-refractivity contribution in [1.29, 1.82) is 0 Å². The highest BCUT2D eigenvalue weighted by Gasteiger charge is 2.25. The molecule has 24 heavy (non-hydrogen) atoms. The number of anilines is 1. The summed E-state index contributed by atoms with van der Waals surface area (Å²) in [5.74, 6) is -0.578. The average Bonchev–Trinajstić information content (AvgIpc) is 2.96. The van der Waals surface area contributed by atoms with Crippen molar-refractivity contribution < 1.29 is 9.53 Å². The van der Waals surface area contributed by atoms with Crippen molar-refractivity contribution in [3.05, 3.63) is 35.9 Å². The van der Waals surface area contributed by atoms with Crippen molar-refractivity contribution in [2.75, 3.05) is 18.1 Å². The van der Waals surface area contributed by atoms with Crippen LogP contribution in [0, 0.1) is 5.92 Å². The van der Waals surface area contributed by atoms with E-state index in [9.17, 15) is 4.79 Å². The lowest BCUT2D eigenvalue weighted by Gasteiger charge is -2.23. The number of hydrogen-bond acceptors (Lipinski definition) is 5. The third-order valence-electron chi connectivity index (χ3n) is 3.33. The molecule has 2 aromatic rings. The molecule has 0 aliphatic heterocycles. The molecule has 0 saturated carbocycles. The number of carbonyl (C=O) groups is 1. The quantitative estimate of drug-likeness (QED) is 0.787. The minimum Gasteiger partial charge on any atom is -0.470 e. The predicted octanol–water partition coefficient (Wildman–Crippen LogP) is 2.17. The second-order valence-electron chi connectivity index (χ2n) is 5.07. The van der Waals surface area contributed by atoms with Gasteiger partial charge in [0.25, 0.3) is 5.17 Å². The molecular formula is C15H18ClN5O2S. The van der Waals surface area contributed by atoms with Gasteiger partial charge in [-0.05, 0) is 31.3 Å². The van der Waals surface area contributed by atoms with E-state index in [-0.39, 0.29) is 22.8 Å². The summed E-state index contributed by atoms with van der Waals surface area (Å²) in [6, 6.07) is 3.64. The van der Waals surface area contributed by atoms with Gasteiger partial charge in [-0.1, -0.05) is 18.5 Å². The second kappa shape index (κ2) is 8.07. The van der Waals surface area contributed by atoms with Crippen LogP contribution in [0.4, 0.5) is 5.69 Å². The summed E-state index contributed by atoms with van der Waals surface area (Å²) in [5, 5.41) is 4.39. The zero-order valence-electron chi connectivity index (χ0n) is 13.3. The first kappa shape index (κ1) is 18.2. The minimum atomic E-state index is -0.427. The largest absolute Gasteiger partial charge is 0.470 e. The molecule has 1 unspecified atom stereocenters. The maximum Gasteiger partial charge on any atom is 0.253 e. The molecular weight excluding hydrogens is 350 g/mol. The SMILES string of the molecule is CCN(C(=O)C(C)COC(N)=S)c1cn(-c2cccnc2)nc1Cl. The lowest BCUT2D eigenvalue weighted by atomic mass is 10.1. The molecule has 0 bridgehead atoms. The molecule has 0 aromatic carbocycles. The predicted molar refractivity (Wildman–Crippen MR) is 96.3 cm³/mol. The Kier molecular flexibility index (Phi) is 6.10. The van der Waals surface area contributed by atoms with E-state index in [4.69, 9.17) is 22.1 Å². The zero-order valence-corrected chi connectivity index (χ0v) is 14.9. The number of carbonyl (C=O) groups excluding carboxylic acids is 1. The standard InChI is InChI=1S/C15H18ClN5O2S/c1-3-20(14(22)10(2)9-23-15(17)24)12-8-21(19-13(12)16)11-5-4-6-18-7-11/h4-8,10H,3,9H2,1-2H3,(H2,17,24). The molecule has 0 aliphatic carbocycles. The van der Waals surface area contributed by atoms with E-state index in [2.05, 4.69) is 22.3 Å². The Bertz CT molecular complexity index is 722. The summed E-state index contributed by atoms with van der Waals surface area (Å²) < 4.78 is 6.64. The van der Waals surface area contributed by atoms with Crippen molar-refractivity contribution in [1.82, 2.24) is 14.8 Å².